The second-order valence-corrected chi connectivity index (χ2v) is 6.41. The number of para-hydroxylation sites is 1. The van der Waals surface area contributed by atoms with E-state index in [9.17, 15) is 5.11 Å². The summed E-state index contributed by atoms with van der Waals surface area (Å²) in [6, 6.07) is 17.5. The second-order valence-electron chi connectivity index (χ2n) is 5.42. The largest absolute Gasteiger partial charge is 0.491 e. The number of aliphatic hydroxyl groups excluding tert-OH is 1. The minimum Gasteiger partial charge on any atom is -0.491 e. The van der Waals surface area contributed by atoms with Crippen LogP contribution in [-0.4, -0.2) is 38.8 Å². The van der Waals surface area contributed by atoms with Crippen LogP contribution in [-0.2, 0) is 0 Å². The molecule has 0 fully saturated rings. The van der Waals surface area contributed by atoms with Gasteiger partial charge in [-0.15, -0.1) is 5.10 Å². The van der Waals surface area contributed by atoms with Crippen LogP contribution >= 0.6 is 11.8 Å². The fourth-order valence-corrected chi connectivity index (χ4v) is 2.78. The van der Waals surface area contributed by atoms with E-state index >= 15 is 0 Å². The Morgan fingerprint density at radius 3 is 2.62 bits per heavy atom. The monoisotopic (exact) mass is 341 g/mol. The van der Waals surface area contributed by atoms with Gasteiger partial charge in [-0.25, -0.2) is 4.98 Å². The quantitative estimate of drug-likeness (QED) is 0.645. The van der Waals surface area contributed by atoms with Crippen LogP contribution in [0.25, 0.3) is 11.4 Å². The van der Waals surface area contributed by atoms with Gasteiger partial charge >= 0.3 is 0 Å². The molecule has 0 aliphatic rings. The van der Waals surface area contributed by atoms with Crippen molar-refractivity contribution in [2.24, 2.45) is 0 Å². The maximum Gasteiger partial charge on any atom is 0.208 e. The molecule has 2 N–H and O–H groups in total. The first kappa shape index (κ1) is 16.5. The summed E-state index contributed by atoms with van der Waals surface area (Å²) in [5.41, 5.74) is 2.20. The van der Waals surface area contributed by atoms with Crippen molar-refractivity contribution < 1.29 is 9.84 Å². The predicted octanol–water partition coefficient (Wildman–Crippen LogP) is 3.31. The minimum atomic E-state index is -0.587. The zero-order chi connectivity index (χ0) is 16.8. The number of thioether (sulfide) groups is 1. The molecule has 2 aromatic carbocycles. The van der Waals surface area contributed by atoms with E-state index in [1.807, 2.05) is 61.5 Å². The first-order valence-electron chi connectivity index (χ1n) is 7.69. The molecule has 0 radical (unpaired) electrons. The highest BCUT2D eigenvalue weighted by Gasteiger charge is 2.10. The summed E-state index contributed by atoms with van der Waals surface area (Å²) in [5.74, 6) is 1.95. The van der Waals surface area contributed by atoms with Gasteiger partial charge in [0.05, 0.1) is 6.10 Å². The maximum absolute atomic E-state index is 10.0. The average molecular weight is 341 g/mol. The van der Waals surface area contributed by atoms with E-state index < -0.39 is 6.10 Å². The van der Waals surface area contributed by atoms with Gasteiger partial charge in [-0.2, -0.15) is 0 Å². The lowest BCUT2D eigenvalue weighted by molar-refractivity contribution is 0.126. The van der Waals surface area contributed by atoms with Crippen LogP contribution < -0.4 is 4.74 Å². The van der Waals surface area contributed by atoms with Crippen molar-refractivity contribution >= 4 is 11.8 Å². The summed E-state index contributed by atoms with van der Waals surface area (Å²) >= 11 is 1.40. The highest BCUT2D eigenvalue weighted by atomic mass is 32.2. The Balaban J connectivity index is 1.49. The SMILES string of the molecule is Cc1ccc(-c2nc(SCC(O)COc3ccccc3)n[nH]2)cc1. The number of benzene rings is 2. The number of ether oxygens (including phenoxy) is 1. The molecule has 0 bridgehead atoms. The van der Waals surface area contributed by atoms with Crippen molar-refractivity contribution in [2.75, 3.05) is 12.4 Å². The maximum atomic E-state index is 10.0. The summed E-state index contributed by atoms with van der Waals surface area (Å²) in [6.45, 7) is 2.29. The number of aromatic nitrogens is 3. The second kappa shape index (κ2) is 7.99. The van der Waals surface area contributed by atoms with E-state index in [0.717, 1.165) is 17.1 Å². The first-order valence-corrected chi connectivity index (χ1v) is 8.67. The molecule has 3 aromatic rings. The van der Waals surface area contributed by atoms with Crippen LogP contribution in [0.3, 0.4) is 0 Å². The summed E-state index contributed by atoms with van der Waals surface area (Å²) < 4.78 is 5.53. The fraction of sp³-hybridized carbons (Fsp3) is 0.222. The molecule has 1 unspecified atom stereocenters. The Hall–Kier alpha value is -2.31. The molecule has 0 amide bonds. The Morgan fingerprint density at radius 1 is 1.12 bits per heavy atom. The Morgan fingerprint density at radius 2 is 1.88 bits per heavy atom. The molecule has 0 aliphatic carbocycles. The van der Waals surface area contributed by atoms with Crippen molar-refractivity contribution in [3.63, 3.8) is 0 Å². The van der Waals surface area contributed by atoms with Crippen LogP contribution in [0.5, 0.6) is 5.75 Å². The van der Waals surface area contributed by atoms with Crippen LogP contribution in [0.1, 0.15) is 5.56 Å². The van der Waals surface area contributed by atoms with Gasteiger partial charge < -0.3 is 9.84 Å². The van der Waals surface area contributed by atoms with Gasteiger partial charge in [0.2, 0.25) is 5.16 Å². The van der Waals surface area contributed by atoms with E-state index in [-0.39, 0.29) is 6.61 Å². The van der Waals surface area contributed by atoms with Gasteiger partial charge in [-0.3, -0.25) is 5.10 Å². The fourth-order valence-electron chi connectivity index (χ4n) is 2.08. The molecule has 1 aromatic heterocycles. The topological polar surface area (TPSA) is 71.0 Å². The lowest BCUT2D eigenvalue weighted by atomic mass is 10.1. The summed E-state index contributed by atoms with van der Waals surface area (Å²) in [5, 5.41) is 17.7. The van der Waals surface area contributed by atoms with Gasteiger partial charge in [-0.05, 0) is 19.1 Å². The summed E-state index contributed by atoms with van der Waals surface area (Å²) in [7, 11) is 0. The average Bonchev–Trinajstić information content (AvgIpc) is 3.09. The molecule has 0 saturated carbocycles. The third-order valence-electron chi connectivity index (χ3n) is 3.38. The van der Waals surface area contributed by atoms with E-state index in [0.29, 0.717) is 10.9 Å². The lowest BCUT2D eigenvalue weighted by Gasteiger charge is -2.10. The molecule has 5 nitrogen and oxygen atoms in total. The smallest absolute Gasteiger partial charge is 0.208 e. The highest BCUT2D eigenvalue weighted by molar-refractivity contribution is 7.99. The van der Waals surface area contributed by atoms with Crippen LogP contribution in [0.15, 0.2) is 59.8 Å². The molecule has 0 saturated heterocycles. The Kier molecular flexibility index (Phi) is 5.51. The third-order valence-corrected chi connectivity index (χ3v) is 4.37. The Labute approximate surface area is 145 Å². The molecular formula is C18H19N3O2S. The number of rotatable bonds is 7. The number of aliphatic hydroxyl groups is 1. The number of nitrogens with zero attached hydrogens (tertiary/aromatic N) is 2. The van der Waals surface area contributed by atoms with Crippen molar-refractivity contribution in [2.45, 2.75) is 18.2 Å². The van der Waals surface area contributed by atoms with Crippen LogP contribution in [0.4, 0.5) is 0 Å². The zero-order valence-electron chi connectivity index (χ0n) is 13.3. The standard InChI is InChI=1S/C18H19N3O2S/c1-13-7-9-14(10-8-13)17-19-18(21-20-17)24-12-15(22)11-23-16-5-3-2-4-6-16/h2-10,15,22H,11-12H2,1H3,(H,19,20,21). The van der Waals surface area contributed by atoms with Gasteiger partial charge in [0.1, 0.15) is 12.4 Å². The van der Waals surface area contributed by atoms with E-state index in [2.05, 4.69) is 15.2 Å². The lowest BCUT2D eigenvalue weighted by Crippen LogP contribution is -2.20. The highest BCUT2D eigenvalue weighted by Crippen LogP contribution is 2.20. The minimum absolute atomic E-state index is 0.242. The first-order chi connectivity index (χ1) is 11.7. The van der Waals surface area contributed by atoms with Crippen molar-refractivity contribution in [1.82, 2.24) is 15.2 Å². The van der Waals surface area contributed by atoms with Crippen LogP contribution in [0.2, 0.25) is 0 Å². The van der Waals surface area contributed by atoms with Crippen molar-refractivity contribution in [1.29, 1.82) is 0 Å². The molecule has 24 heavy (non-hydrogen) atoms. The molecule has 6 heteroatoms. The number of aryl methyl sites for hydroxylation is 1. The number of aromatic amines is 1. The molecule has 0 aliphatic heterocycles. The molecule has 0 spiro atoms. The summed E-state index contributed by atoms with van der Waals surface area (Å²) in [6.07, 6.45) is -0.587. The number of H-pyrrole nitrogens is 1. The van der Waals surface area contributed by atoms with E-state index in [1.165, 1.54) is 17.3 Å². The number of hydrogen-bond donors (Lipinski definition) is 2. The molecule has 1 atom stereocenters. The molecule has 1 heterocycles. The van der Waals surface area contributed by atoms with E-state index in [4.69, 9.17) is 4.74 Å². The van der Waals surface area contributed by atoms with E-state index in [1.54, 1.807) is 0 Å². The van der Waals surface area contributed by atoms with Gasteiger partial charge in [-0.1, -0.05) is 59.8 Å². The molecule has 3 rings (SSSR count). The number of nitrogens with one attached hydrogen (secondary N) is 1. The molecule has 124 valence electrons. The zero-order valence-corrected chi connectivity index (χ0v) is 14.2. The summed E-state index contributed by atoms with van der Waals surface area (Å²) in [4.78, 5) is 4.44. The third kappa shape index (κ3) is 4.59. The van der Waals surface area contributed by atoms with Gasteiger partial charge in [0.15, 0.2) is 5.82 Å². The van der Waals surface area contributed by atoms with Gasteiger partial charge in [0, 0.05) is 11.3 Å². The Bertz CT molecular complexity index is 759. The van der Waals surface area contributed by atoms with Crippen molar-refractivity contribution in [3.8, 4) is 17.1 Å². The molecular weight excluding hydrogens is 322 g/mol. The predicted molar refractivity (Wildman–Crippen MR) is 95.2 cm³/mol. The van der Waals surface area contributed by atoms with Crippen molar-refractivity contribution in [3.05, 3.63) is 60.2 Å². The van der Waals surface area contributed by atoms with Crippen LogP contribution in [0, 0.1) is 6.92 Å². The number of hydrogen-bond acceptors (Lipinski definition) is 5. The normalized spacial score (nSPS) is 12.1. The van der Waals surface area contributed by atoms with Gasteiger partial charge in [0.25, 0.3) is 0 Å².